The van der Waals surface area contributed by atoms with E-state index in [0.29, 0.717) is 28.8 Å². The standard InChI is InChI=1S/C15H18N4O4/c1-4-23-15(20)17-14-8-7-13(18-19-14)16-11-9-10(21-2)5-6-12(11)22-3/h5-9H,4H2,1-3H3,(H,16,18)(H,17,19,20). The predicted molar refractivity (Wildman–Crippen MR) is 85.5 cm³/mol. The van der Waals surface area contributed by atoms with Crippen molar-refractivity contribution in [3.05, 3.63) is 30.3 Å². The van der Waals surface area contributed by atoms with Crippen LogP contribution < -0.4 is 20.1 Å². The minimum Gasteiger partial charge on any atom is -0.497 e. The van der Waals surface area contributed by atoms with Crippen LogP contribution in [0, 0.1) is 0 Å². The summed E-state index contributed by atoms with van der Waals surface area (Å²) < 4.78 is 15.2. The molecule has 0 spiro atoms. The van der Waals surface area contributed by atoms with Crippen molar-refractivity contribution < 1.29 is 19.0 Å². The van der Waals surface area contributed by atoms with Crippen LogP contribution in [0.1, 0.15) is 6.92 Å². The molecule has 122 valence electrons. The second-order valence-corrected chi connectivity index (χ2v) is 4.34. The number of aromatic nitrogens is 2. The molecule has 0 aliphatic rings. The molecular formula is C15H18N4O4. The number of hydrogen-bond acceptors (Lipinski definition) is 7. The van der Waals surface area contributed by atoms with Gasteiger partial charge in [0.15, 0.2) is 11.6 Å². The molecule has 0 aliphatic heterocycles. The smallest absolute Gasteiger partial charge is 0.412 e. The fourth-order valence-corrected chi connectivity index (χ4v) is 1.79. The van der Waals surface area contributed by atoms with Gasteiger partial charge >= 0.3 is 6.09 Å². The number of benzene rings is 1. The summed E-state index contributed by atoms with van der Waals surface area (Å²) in [6.45, 7) is 2.01. The Morgan fingerprint density at radius 2 is 1.83 bits per heavy atom. The monoisotopic (exact) mass is 318 g/mol. The molecular weight excluding hydrogens is 300 g/mol. The van der Waals surface area contributed by atoms with Gasteiger partial charge in [0.25, 0.3) is 0 Å². The summed E-state index contributed by atoms with van der Waals surface area (Å²) in [5.74, 6) is 2.11. The Morgan fingerprint density at radius 1 is 1.09 bits per heavy atom. The van der Waals surface area contributed by atoms with Gasteiger partial charge in [-0.25, -0.2) is 4.79 Å². The first-order valence-electron chi connectivity index (χ1n) is 6.92. The third-order valence-corrected chi connectivity index (χ3v) is 2.84. The molecule has 1 amide bonds. The van der Waals surface area contributed by atoms with E-state index in [9.17, 15) is 4.79 Å². The molecule has 8 heteroatoms. The minimum absolute atomic E-state index is 0.286. The Hall–Kier alpha value is -3.03. The van der Waals surface area contributed by atoms with E-state index in [-0.39, 0.29) is 6.61 Å². The van der Waals surface area contributed by atoms with E-state index in [2.05, 4.69) is 20.8 Å². The molecule has 8 nitrogen and oxygen atoms in total. The number of anilines is 3. The number of rotatable bonds is 6. The molecule has 2 rings (SSSR count). The van der Waals surface area contributed by atoms with Gasteiger partial charge in [0.05, 0.1) is 26.5 Å². The van der Waals surface area contributed by atoms with Gasteiger partial charge in [-0.1, -0.05) is 0 Å². The topological polar surface area (TPSA) is 94.6 Å². The number of hydrogen-bond donors (Lipinski definition) is 2. The fourth-order valence-electron chi connectivity index (χ4n) is 1.79. The number of methoxy groups -OCH3 is 2. The van der Waals surface area contributed by atoms with Gasteiger partial charge in [-0.2, -0.15) is 0 Å². The van der Waals surface area contributed by atoms with Crippen LogP contribution in [0.2, 0.25) is 0 Å². The predicted octanol–water partition coefficient (Wildman–Crippen LogP) is 2.81. The van der Waals surface area contributed by atoms with E-state index >= 15 is 0 Å². The molecule has 1 aromatic carbocycles. The number of amides is 1. The lowest BCUT2D eigenvalue weighted by molar-refractivity contribution is 0.168. The van der Waals surface area contributed by atoms with Crippen LogP contribution in [0.4, 0.5) is 22.1 Å². The quantitative estimate of drug-likeness (QED) is 0.845. The normalized spacial score (nSPS) is 9.87. The highest BCUT2D eigenvalue weighted by Gasteiger charge is 2.08. The zero-order chi connectivity index (χ0) is 16.7. The third kappa shape index (κ3) is 4.47. The minimum atomic E-state index is -0.572. The van der Waals surface area contributed by atoms with Crippen LogP contribution in [0.3, 0.4) is 0 Å². The Bertz CT molecular complexity index is 661. The number of nitrogens with one attached hydrogen (secondary N) is 2. The van der Waals surface area contributed by atoms with Crippen molar-refractivity contribution in [2.75, 3.05) is 31.5 Å². The zero-order valence-electron chi connectivity index (χ0n) is 13.1. The SMILES string of the molecule is CCOC(=O)Nc1ccc(Nc2cc(OC)ccc2OC)nn1. The lowest BCUT2D eigenvalue weighted by Gasteiger charge is -2.12. The molecule has 2 aromatic rings. The number of carbonyl (C=O) groups excluding carboxylic acids is 1. The van der Waals surface area contributed by atoms with Crippen LogP contribution in [0.25, 0.3) is 0 Å². The molecule has 1 heterocycles. The maximum absolute atomic E-state index is 11.3. The van der Waals surface area contributed by atoms with Crippen molar-refractivity contribution in [2.24, 2.45) is 0 Å². The zero-order valence-corrected chi connectivity index (χ0v) is 13.1. The number of ether oxygens (including phenoxy) is 3. The van der Waals surface area contributed by atoms with Crippen molar-refractivity contribution in [2.45, 2.75) is 6.92 Å². The van der Waals surface area contributed by atoms with Crippen LogP contribution in [0.15, 0.2) is 30.3 Å². The van der Waals surface area contributed by atoms with E-state index in [4.69, 9.17) is 14.2 Å². The maximum atomic E-state index is 11.3. The first kappa shape index (κ1) is 16.3. The molecule has 0 bridgehead atoms. The van der Waals surface area contributed by atoms with Crippen molar-refractivity contribution in [1.29, 1.82) is 0 Å². The van der Waals surface area contributed by atoms with Gasteiger partial charge in [0.1, 0.15) is 11.5 Å². The lowest BCUT2D eigenvalue weighted by atomic mass is 10.2. The van der Waals surface area contributed by atoms with Gasteiger partial charge < -0.3 is 19.5 Å². The Labute approximate surface area is 133 Å². The first-order valence-corrected chi connectivity index (χ1v) is 6.92. The maximum Gasteiger partial charge on any atom is 0.412 e. The molecule has 23 heavy (non-hydrogen) atoms. The average Bonchev–Trinajstić information content (AvgIpc) is 2.56. The van der Waals surface area contributed by atoms with E-state index < -0.39 is 6.09 Å². The Morgan fingerprint density at radius 3 is 2.43 bits per heavy atom. The summed E-state index contributed by atoms with van der Waals surface area (Å²) in [4.78, 5) is 11.3. The van der Waals surface area contributed by atoms with Crippen molar-refractivity contribution >= 4 is 23.4 Å². The summed E-state index contributed by atoms with van der Waals surface area (Å²) in [7, 11) is 3.16. The highest BCUT2D eigenvalue weighted by Crippen LogP contribution is 2.30. The first-order chi connectivity index (χ1) is 11.2. The third-order valence-electron chi connectivity index (χ3n) is 2.84. The van der Waals surface area contributed by atoms with Gasteiger partial charge in [-0.3, -0.25) is 5.32 Å². The van der Waals surface area contributed by atoms with Crippen molar-refractivity contribution in [1.82, 2.24) is 10.2 Å². The van der Waals surface area contributed by atoms with Crippen molar-refractivity contribution in [3.8, 4) is 11.5 Å². The van der Waals surface area contributed by atoms with E-state index in [1.54, 1.807) is 51.5 Å². The largest absolute Gasteiger partial charge is 0.497 e. The highest BCUT2D eigenvalue weighted by molar-refractivity contribution is 5.83. The van der Waals surface area contributed by atoms with Gasteiger partial charge in [-0.05, 0) is 31.2 Å². The van der Waals surface area contributed by atoms with E-state index in [1.807, 2.05) is 0 Å². The Kier molecular flexibility index (Phi) is 5.56. The molecule has 0 unspecified atom stereocenters. The van der Waals surface area contributed by atoms with Gasteiger partial charge in [0, 0.05) is 6.07 Å². The molecule has 0 atom stereocenters. The highest BCUT2D eigenvalue weighted by atomic mass is 16.5. The molecule has 0 saturated heterocycles. The molecule has 0 radical (unpaired) electrons. The molecule has 0 saturated carbocycles. The second kappa shape index (κ2) is 7.83. The fraction of sp³-hybridized carbons (Fsp3) is 0.267. The summed E-state index contributed by atoms with van der Waals surface area (Å²) in [5, 5.41) is 13.4. The number of carbonyl (C=O) groups is 1. The van der Waals surface area contributed by atoms with Gasteiger partial charge in [-0.15, -0.1) is 10.2 Å². The van der Waals surface area contributed by atoms with E-state index in [1.165, 1.54) is 0 Å². The average molecular weight is 318 g/mol. The molecule has 0 fully saturated rings. The second-order valence-electron chi connectivity index (χ2n) is 4.34. The van der Waals surface area contributed by atoms with Crippen LogP contribution >= 0.6 is 0 Å². The lowest BCUT2D eigenvalue weighted by Crippen LogP contribution is -2.14. The van der Waals surface area contributed by atoms with Crippen LogP contribution in [0.5, 0.6) is 11.5 Å². The summed E-state index contributed by atoms with van der Waals surface area (Å²) in [5.41, 5.74) is 0.687. The van der Waals surface area contributed by atoms with Crippen molar-refractivity contribution in [3.63, 3.8) is 0 Å². The summed E-state index contributed by atoms with van der Waals surface area (Å²) in [6.07, 6.45) is -0.572. The van der Waals surface area contributed by atoms with Gasteiger partial charge in [0.2, 0.25) is 0 Å². The Balaban J connectivity index is 2.10. The molecule has 2 N–H and O–H groups in total. The summed E-state index contributed by atoms with van der Waals surface area (Å²) in [6, 6.07) is 8.64. The van der Waals surface area contributed by atoms with Crippen LogP contribution in [-0.2, 0) is 4.74 Å². The number of nitrogens with zero attached hydrogens (tertiary/aromatic N) is 2. The molecule has 1 aromatic heterocycles. The van der Waals surface area contributed by atoms with E-state index in [0.717, 1.165) is 0 Å². The van der Waals surface area contributed by atoms with Crippen LogP contribution in [-0.4, -0.2) is 37.1 Å². The summed E-state index contributed by atoms with van der Waals surface area (Å²) >= 11 is 0. The molecule has 0 aliphatic carbocycles.